The number of piperidine rings is 4. The zero-order chi connectivity index (χ0) is 25.4. The smallest absolute Gasteiger partial charge is 0.122 e. The van der Waals surface area contributed by atoms with Crippen molar-refractivity contribution in [2.75, 3.05) is 5.75 Å². The van der Waals surface area contributed by atoms with Crippen LogP contribution in [0.15, 0.2) is 46.0 Å². The summed E-state index contributed by atoms with van der Waals surface area (Å²) in [6.07, 6.45) is 16.0. The zero-order valence-electron chi connectivity index (χ0n) is 22.2. The average molecular weight is 527 g/mol. The maximum Gasteiger partial charge on any atom is 0.122 e. The molecule has 2 N–H and O–H groups in total. The van der Waals surface area contributed by atoms with E-state index < -0.39 is 12.5 Å². The molecule has 202 valence electrons. The minimum absolute atomic E-state index is 0.180. The van der Waals surface area contributed by atoms with E-state index in [0.717, 1.165) is 50.7 Å². The summed E-state index contributed by atoms with van der Waals surface area (Å²) >= 11 is 1.96. The molecular formula is C30H42N2O4S. The number of furan rings is 2. The summed E-state index contributed by atoms with van der Waals surface area (Å²) < 4.78 is 10.7. The Balaban J connectivity index is 1.18. The Hall–Kier alpha value is -1.25. The van der Waals surface area contributed by atoms with E-state index in [4.69, 9.17) is 8.83 Å². The van der Waals surface area contributed by atoms with Crippen LogP contribution in [-0.2, 0) is 0 Å². The van der Waals surface area contributed by atoms with Crippen LogP contribution < -0.4 is 0 Å². The fourth-order valence-corrected chi connectivity index (χ4v) is 11.0. The lowest BCUT2D eigenvalue weighted by molar-refractivity contribution is -0.191. The minimum Gasteiger partial charge on any atom is -0.472 e. The number of hydrogen-bond acceptors (Lipinski definition) is 7. The third-order valence-electron chi connectivity index (χ3n) is 11.1. The minimum atomic E-state index is -0.506. The highest BCUT2D eigenvalue weighted by atomic mass is 32.2. The SMILES string of the molecule is C[C@@H]1CC[C@@H](c2ccoc2)N2[C@@H](O)[C@@]3(CC[C@@H]12)CS[C@@]1(CC[C@H]2[C@H](C)CC[C@@H](c4ccoc4)N2[C@@H]1O)C3. The largest absolute Gasteiger partial charge is 0.472 e. The molecule has 0 aromatic carbocycles. The Bertz CT molecular complexity index is 993. The number of rotatable bonds is 2. The summed E-state index contributed by atoms with van der Waals surface area (Å²) in [6, 6.07) is 5.38. The van der Waals surface area contributed by atoms with Crippen molar-refractivity contribution in [3.8, 4) is 0 Å². The van der Waals surface area contributed by atoms with Crippen LogP contribution in [0.1, 0.15) is 94.8 Å². The second-order valence-electron chi connectivity index (χ2n) is 13.0. The molecule has 2 aromatic heterocycles. The monoisotopic (exact) mass is 526 g/mol. The highest BCUT2D eigenvalue weighted by molar-refractivity contribution is 8.01. The number of nitrogens with zero attached hydrogens (tertiary/aromatic N) is 2. The van der Waals surface area contributed by atoms with Crippen molar-refractivity contribution in [2.24, 2.45) is 17.3 Å². The van der Waals surface area contributed by atoms with E-state index in [9.17, 15) is 10.2 Å². The molecule has 37 heavy (non-hydrogen) atoms. The van der Waals surface area contributed by atoms with Gasteiger partial charge in [-0.2, -0.15) is 11.8 Å². The zero-order valence-corrected chi connectivity index (χ0v) is 23.0. The number of aliphatic hydroxyl groups is 2. The van der Waals surface area contributed by atoms with Crippen LogP contribution in [0.2, 0.25) is 0 Å². The summed E-state index contributed by atoms with van der Waals surface area (Å²) in [4.78, 5) is 4.90. The molecule has 0 amide bonds. The molecule has 7 heteroatoms. The maximum atomic E-state index is 12.2. The lowest BCUT2D eigenvalue weighted by Gasteiger charge is -2.58. The molecule has 10 atom stereocenters. The lowest BCUT2D eigenvalue weighted by Crippen LogP contribution is -2.64. The van der Waals surface area contributed by atoms with Gasteiger partial charge in [0.15, 0.2) is 0 Å². The number of aliphatic hydroxyl groups excluding tert-OH is 2. The van der Waals surface area contributed by atoms with Gasteiger partial charge in [0.05, 0.1) is 29.8 Å². The van der Waals surface area contributed by atoms with E-state index in [0.29, 0.717) is 23.9 Å². The van der Waals surface area contributed by atoms with Gasteiger partial charge in [0, 0.05) is 46.5 Å². The van der Waals surface area contributed by atoms with E-state index in [2.05, 4.69) is 35.8 Å². The van der Waals surface area contributed by atoms with Gasteiger partial charge in [-0.25, -0.2) is 0 Å². The summed E-state index contributed by atoms with van der Waals surface area (Å²) in [5, 5.41) is 24.4. The molecule has 6 nitrogen and oxygen atoms in total. The summed E-state index contributed by atoms with van der Waals surface area (Å²) in [5.74, 6) is 2.10. The maximum absolute atomic E-state index is 12.2. The highest BCUT2D eigenvalue weighted by Gasteiger charge is 2.63. The second-order valence-corrected chi connectivity index (χ2v) is 14.4. The number of hydrogen-bond donors (Lipinski definition) is 2. The highest BCUT2D eigenvalue weighted by Crippen LogP contribution is 2.63. The van der Waals surface area contributed by atoms with E-state index in [1.165, 1.54) is 24.0 Å². The van der Waals surface area contributed by atoms with Crippen LogP contribution in [-0.4, -0.2) is 55.1 Å². The van der Waals surface area contributed by atoms with Crippen molar-refractivity contribution < 1.29 is 19.0 Å². The molecule has 0 bridgehead atoms. The van der Waals surface area contributed by atoms with Crippen LogP contribution in [0.25, 0.3) is 0 Å². The van der Waals surface area contributed by atoms with E-state index in [1.54, 1.807) is 12.5 Å². The van der Waals surface area contributed by atoms with Crippen molar-refractivity contribution in [3.05, 3.63) is 48.3 Å². The van der Waals surface area contributed by atoms with Gasteiger partial charge in [0.1, 0.15) is 12.5 Å². The van der Waals surface area contributed by atoms with Gasteiger partial charge in [0.25, 0.3) is 0 Å². The predicted octanol–water partition coefficient (Wildman–Crippen LogP) is 5.94. The molecule has 2 aromatic rings. The second kappa shape index (κ2) is 9.16. The molecule has 7 rings (SSSR count). The fraction of sp³-hybridized carbons (Fsp3) is 0.733. The Morgan fingerprint density at radius 1 is 0.784 bits per heavy atom. The Morgan fingerprint density at radius 3 is 1.92 bits per heavy atom. The summed E-state index contributed by atoms with van der Waals surface area (Å²) in [6.45, 7) is 4.72. The molecule has 0 radical (unpaired) electrons. The van der Waals surface area contributed by atoms with Crippen molar-refractivity contribution in [1.29, 1.82) is 0 Å². The first-order chi connectivity index (χ1) is 17.9. The quantitative estimate of drug-likeness (QED) is 0.501. The molecular weight excluding hydrogens is 484 g/mol. The molecule has 5 saturated heterocycles. The fourth-order valence-electron chi connectivity index (χ4n) is 9.06. The van der Waals surface area contributed by atoms with Crippen molar-refractivity contribution in [2.45, 2.75) is 113 Å². The first-order valence-corrected chi connectivity index (χ1v) is 15.5. The van der Waals surface area contributed by atoms with E-state index in [-0.39, 0.29) is 22.2 Å². The van der Waals surface area contributed by atoms with Crippen LogP contribution in [0.5, 0.6) is 0 Å². The normalized spacial score (nSPS) is 46.8. The molecule has 0 saturated carbocycles. The Morgan fingerprint density at radius 2 is 1.35 bits per heavy atom. The van der Waals surface area contributed by atoms with E-state index >= 15 is 0 Å². The molecule has 0 unspecified atom stereocenters. The van der Waals surface area contributed by atoms with Gasteiger partial charge in [-0.1, -0.05) is 13.8 Å². The van der Waals surface area contributed by atoms with Gasteiger partial charge >= 0.3 is 0 Å². The Labute approximate surface area is 224 Å². The number of fused-ring (bicyclic) bond motifs is 2. The van der Waals surface area contributed by atoms with Crippen LogP contribution >= 0.6 is 11.8 Å². The van der Waals surface area contributed by atoms with Crippen molar-refractivity contribution in [3.63, 3.8) is 0 Å². The topological polar surface area (TPSA) is 73.2 Å². The van der Waals surface area contributed by atoms with Gasteiger partial charge < -0.3 is 19.0 Å². The summed E-state index contributed by atoms with van der Waals surface area (Å²) in [7, 11) is 0. The predicted molar refractivity (Wildman–Crippen MR) is 144 cm³/mol. The standard InChI is InChI=1S/C30H42N2O4S/c1-19-3-5-25(21-9-13-35-15-21)31-23(19)7-11-29(27(31)33)17-30(37-18-29)12-8-24-20(2)4-6-26(32(24)28(30)34)22-10-14-36-16-22/h9-10,13-16,19-20,23-28,33-34H,3-8,11-12,17-18H2,1-2H3/t19-,20-,23+,24+,25+,26+,27+,28-,29-,30+/m1/s1. The first-order valence-electron chi connectivity index (χ1n) is 14.5. The molecule has 2 spiro atoms. The average Bonchev–Trinajstić information content (AvgIpc) is 3.68. The third kappa shape index (κ3) is 3.75. The van der Waals surface area contributed by atoms with E-state index in [1.807, 2.05) is 24.3 Å². The van der Waals surface area contributed by atoms with Gasteiger partial charge in [-0.15, -0.1) is 0 Å². The van der Waals surface area contributed by atoms with Crippen LogP contribution in [0.4, 0.5) is 0 Å². The Kier molecular flexibility index (Phi) is 6.13. The van der Waals surface area contributed by atoms with Crippen molar-refractivity contribution in [1.82, 2.24) is 9.80 Å². The van der Waals surface area contributed by atoms with Gasteiger partial charge in [0.2, 0.25) is 0 Å². The van der Waals surface area contributed by atoms with Crippen LogP contribution in [0.3, 0.4) is 0 Å². The number of thioether (sulfide) groups is 1. The first kappa shape index (κ1) is 24.8. The molecule has 0 aliphatic carbocycles. The van der Waals surface area contributed by atoms with Gasteiger partial charge in [-0.3, -0.25) is 9.80 Å². The molecule has 5 aliphatic rings. The van der Waals surface area contributed by atoms with Crippen molar-refractivity contribution >= 4 is 11.8 Å². The van der Waals surface area contributed by atoms with Gasteiger partial charge in [-0.05, 0) is 81.8 Å². The molecule has 7 heterocycles. The lowest BCUT2D eigenvalue weighted by atomic mass is 9.65. The molecule has 5 aliphatic heterocycles. The van der Waals surface area contributed by atoms with Crippen LogP contribution in [0, 0.1) is 17.3 Å². The molecule has 5 fully saturated rings. The summed E-state index contributed by atoms with van der Waals surface area (Å²) in [5.41, 5.74) is 2.20. The third-order valence-corrected chi connectivity index (χ3v) is 13.0.